The molecule has 0 radical (unpaired) electrons. The zero-order valence-corrected chi connectivity index (χ0v) is 26.6. The van der Waals surface area contributed by atoms with Crippen LogP contribution in [0.2, 0.25) is 5.02 Å². The van der Waals surface area contributed by atoms with Crippen molar-refractivity contribution in [2.45, 2.75) is 58.5 Å². The molecule has 0 spiro atoms. The number of carbonyl (C=O) groups is 2. The highest BCUT2D eigenvalue weighted by Crippen LogP contribution is 2.34. The van der Waals surface area contributed by atoms with Crippen LogP contribution in [-0.4, -0.2) is 51.4 Å². The van der Waals surface area contributed by atoms with E-state index < -0.39 is 28.5 Å². The Kier molecular flexibility index (Phi) is 11.4. The Morgan fingerprint density at radius 3 is 2.21 bits per heavy atom. The van der Waals surface area contributed by atoms with Gasteiger partial charge in [-0.15, -0.1) is 0 Å². The van der Waals surface area contributed by atoms with Gasteiger partial charge in [-0.2, -0.15) is 0 Å². The van der Waals surface area contributed by atoms with Crippen LogP contribution in [0.5, 0.6) is 5.75 Å². The van der Waals surface area contributed by atoms with Gasteiger partial charge in [0.25, 0.3) is 10.0 Å². The van der Waals surface area contributed by atoms with E-state index in [9.17, 15) is 18.0 Å². The highest BCUT2D eigenvalue weighted by atomic mass is 35.5. The van der Waals surface area contributed by atoms with Crippen LogP contribution in [0.4, 0.5) is 5.69 Å². The quantitative estimate of drug-likeness (QED) is 0.265. The second-order valence-electron chi connectivity index (χ2n) is 10.7. The Bertz CT molecular complexity index is 1490. The van der Waals surface area contributed by atoms with Crippen molar-refractivity contribution in [2.24, 2.45) is 5.92 Å². The summed E-state index contributed by atoms with van der Waals surface area (Å²) in [5, 5.41) is 3.37. The normalized spacial score (nSPS) is 12.1. The maximum Gasteiger partial charge on any atom is 0.264 e. The molecule has 3 aromatic carbocycles. The molecular formula is C32H40ClN3O5S. The summed E-state index contributed by atoms with van der Waals surface area (Å²) in [5.74, 6) is -0.361. The molecule has 8 nitrogen and oxygen atoms in total. The van der Waals surface area contributed by atoms with Crippen molar-refractivity contribution in [1.29, 1.82) is 0 Å². The molecule has 3 aromatic rings. The lowest BCUT2D eigenvalue weighted by Crippen LogP contribution is -2.52. The van der Waals surface area contributed by atoms with E-state index in [1.54, 1.807) is 54.6 Å². The zero-order chi connectivity index (χ0) is 31.0. The third-order valence-corrected chi connectivity index (χ3v) is 9.00. The fraction of sp³-hybridized carbons (Fsp3) is 0.375. The maximum absolute atomic E-state index is 14.3. The van der Waals surface area contributed by atoms with Gasteiger partial charge < -0.3 is 15.0 Å². The number of nitrogens with one attached hydrogen (secondary N) is 1. The standard InChI is InChI=1S/C32H40ClN3O5S/c1-7-28(32(38)34-19-22(2)3)35(20-25-10-8-9-11-27(25)33)31(37)21-36(29-18-24(5)14-17-30(29)41-6)42(39,40)26-15-12-23(4)13-16-26/h8-18,22,28H,7,19-21H2,1-6H3,(H,34,38)/t28-/m0/s1. The number of halogens is 1. The largest absolute Gasteiger partial charge is 0.495 e. The predicted molar refractivity (Wildman–Crippen MR) is 167 cm³/mol. The first-order valence-corrected chi connectivity index (χ1v) is 15.7. The molecule has 226 valence electrons. The van der Waals surface area contributed by atoms with Crippen molar-refractivity contribution in [1.82, 2.24) is 10.2 Å². The van der Waals surface area contributed by atoms with Crippen molar-refractivity contribution in [3.63, 3.8) is 0 Å². The van der Waals surface area contributed by atoms with Crippen LogP contribution < -0.4 is 14.4 Å². The third kappa shape index (κ3) is 8.04. The Labute approximate surface area is 254 Å². The smallest absolute Gasteiger partial charge is 0.264 e. The molecule has 1 N–H and O–H groups in total. The highest BCUT2D eigenvalue weighted by Gasteiger charge is 2.35. The minimum atomic E-state index is -4.22. The molecule has 0 bridgehead atoms. The lowest BCUT2D eigenvalue weighted by Gasteiger charge is -2.34. The van der Waals surface area contributed by atoms with Crippen molar-refractivity contribution in [3.8, 4) is 5.75 Å². The third-order valence-electron chi connectivity index (χ3n) is 6.86. The topological polar surface area (TPSA) is 96.0 Å². The number of sulfonamides is 1. The average molecular weight is 614 g/mol. The van der Waals surface area contributed by atoms with Gasteiger partial charge in [-0.3, -0.25) is 13.9 Å². The van der Waals surface area contributed by atoms with Gasteiger partial charge in [-0.1, -0.05) is 74.3 Å². The van der Waals surface area contributed by atoms with E-state index in [-0.39, 0.29) is 29.0 Å². The lowest BCUT2D eigenvalue weighted by atomic mass is 10.1. The molecule has 3 rings (SSSR count). The number of methoxy groups -OCH3 is 1. The van der Waals surface area contributed by atoms with E-state index in [4.69, 9.17) is 16.3 Å². The SMILES string of the molecule is CC[C@@H](C(=O)NCC(C)C)N(Cc1ccccc1Cl)C(=O)CN(c1cc(C)ccc1OC)S(=O)(=O)c1ccc(C)cc1. The monoisotopic (exact) mass is 613 g/mol. The Morgan fingerprint density at radius 1 is 0.976 bits per heavy atom. The van der Waals surface area contributed by atoms with E-state index in [2.05, 4.69) is 5.32 Å². The molecule has 0 aliphatic heterocycles. The maximum atomic E-state index is 14.3. The van der Waals surface area contributed by atoms with Crippen LogP contribution in [0.1, 0.15) is 43.9 Å². The summed E-state index contributed by atoms with van der Waals surface area (Å²) in [4.78, 5) is 29.1. The summed E-state index contributed by atoms with van der Waals surface area (Å²) in [6, 6.07) is 17.8. The van der Waals surface area contributed by atoms with E-state index in [1.807, 2.05) is 34.6 Å². The van der Waals surface area contributed by atoms with E-state index in [1.165, 1.54) is 24.1 Å². The first-order chi connectivity index (χ1) is 19.9. The Morgan fingerprint density at radius 2 is 1.62 bits per heavy atom. The molecule has 2 amide bonds. The molecule has 0 aliphatic rings. The van der Waals surface area contributed by atoms with E-state index in [0.29, 0.717) is 29.3 Å². The van der Waals surface area contributed by atoms with E-state index in [0.717, 1.165) is 15.4 Å². The molecule has 0 heterocycles. The predicted octanol–water partition coefficient (Wildman–Crippen LogP) is 5.74. The molecule has 0 fully saturated rings. The summed E-state index contributed by atoms with van der Waals surface area (Å²) in [6.45, 7) is 9.38. The van der Waals surface area contributed by atoms with Crippen molar-refractivity contribution in [3.05, 3.63) is 88.4 Å². The zero-order valence-electron chi connectivity index (χ0n) is 25.1. The van der Waals surface area contributed by atoms with Crippen LogP contribution in [0.3, 0.4) is 0 Å². The fourth-order valence-corrected chi connectivity index (χ4v) is 6.11. The van der Waals surface area contributed by atoms with Gasteiger partial charge in [0.2, 0.25) is 11.8 Å². The average Bonchev–Trinajstić information content (AvgIpc) is 2.95. The fourth-order valence-electron chi connectivity index (χ4n) is 4.50. The first kappa shape index (κ1) is 32.9. The molecule has 0 saturated heterocycles. The number of amides is 2. The molecule has 0 saturated carbocycles. The molecule has 0 unspecified atom stereocenters. The summed E-state index contributed by atoms with van der Waals surface area (Å²) >= 11 is 6.47. The molecule has 0 aromatic heterocycles. The van der Waals surface area contributed by atoms with Crippen molar-refractivity contribution >= 4 is 39.1 Å². The molecule has 1 atom stereocenters. The highest BCUT2D eigenvalue weighted by molar-refractivity contribution is 7.92. The number of anilines is 1. The summed E-state index contributed by atoms with van der Waals surface area (Å²) in [7, 11) is -2.78. The van der Waals surface area contributed by atoms with Gasteiger partial charge in [0, 0.05) is 18.1 Å². The number of carbonyl (C=O) groups excluding carboxylic acids is 2. The molecule has 10 heteroatoms. The molecule has 42 heavy (non-hydrogen) atoms. The van der Waals surface area contributed by atoms with Crippen molar-refractivity contribution in [2.75, 3.05) is 24.5 Å². The number of ether oxygens (including phenoxy) is 1. The Hall–Kier alpha value is -3.56. The summed E-state index contributed by atoms with van der Waals surface area (Å²) in [6.07, 6.45) is 0.318. The minimum absolute atomic E-state index is 0.0233. The van der Waals surface area contributed by atoms with Crippen LogP contribution >= 0.6 is 11.6 Å². The number of benzene rings is 3. The first-order valence-electron chi connectivity index (χ1n) is 13.9. The van der Waals surface area contributed by atoms with Gasteiger partial charge in [0.1, 0.15) is 18.3 Å². The van der Waals surface area contributed by atoms with Gasteiger partial charge in [0.05, 0.1) is 17.7 Å². The van der Waals surface area contributed by atoms with E-state index >= 15 is 0 Å². The van der Waals surface area contributed by atoms with Gasteiger partial charge in [0.15, 0.2) is 0 Å². The summed E-state index contributed by atoms with van der Waals surface area (Å²) in [5.41, 5.74) is 2.55. The summed E-state index contributed by atoms with van der Waals surface area (Å²) < 4.78 is 34.9. The number of nitrogens with zero attached hydrogens (tertiary/aromatic N) is 2. The second-order valence-corrected chi connectivity index (χ2v) is 12.9. The number of rotatable bonds is 13. The van der Waals surface area contributed by atoms with Crippen molar-refractivity contribution < 1.29 is 22.7 Å². The lowest BCUT2D eigenvalue weighted by molar-refractivity contribution is -0.140. The minimum Gasteiger partial charge on any atom is -0.495 e. The van der Waals surface area contributed by atoms with Gasteiger partial charge in [-0.25, -0.2) is 8.42 Å². The molecule has 0 aliphatic carbocycles. The number of hydrogen-bond donors (Lipinski definition) is 1. The molecular weight excluding hydrogens is 574 g/mol. The van der Waals surface area contributed by atoms with Crippen LogP contribution in [-0.2, 0) is 26.2 Å². The Balaban J connectivity index is 2.13. The van der Waals surface area contributed by atoms with Gasteiger partial charge >= 0.3 is 0 Å². The van der Waals surface area contributed by atoms with Crippen LogP contribution in [0.15, 0.2) is 71.6 Å². The van der Waals surface area contributed by atoms with Crippen LogP contribution in [0, 0.1) is 19.8 Å². The second kappa shape index (κ2) is 14.6. The number of hydrogen-bond acceptors (Lipinski definition) is 5. The number of aryl methyl sites for hydroxylation is 2. The van der Waals surface area contributed by atoms with Crippen LogP contribution in [0.25, 0.3) is 0 Å². The van der Waals surface area contributed by atoms with Gasteiger partial charge in [-0.05, 0) is 67.6 Å².